The Morgan fingerprint density at radius 1 is 0.802 bits per heavy atom. The van der Waals surface area contributed by atoms with E-state index in [1.54, 1.807) is 63.2 Å². The number of nitrogens with two attached hydrogens (primary N) is 1. The first kappa shape index (κ1) is 71.0. The van der Waals surface area contributed by atoms with Crippen LogP contribution in [-0.2, 0) is 70.5 Å². The molecule has 0 bridgehead atoms. The van der Waals surface area contributed by atoms with E-state index < -0.39 is 88.7 Å². The molecule has 0 saturated carbocycles. The Hall–Kier alpha value is -9.05. The zero-order valence-corrected chi connectivity index (χ0v) is 54.9. The van der Waals surface area contributed by atoms with E-state index in [1.807, 2.05) is 121 Å². The molecule has 6 rings (SSSR count). The van der Waals surface area contributed by atoms with E-state index in [4.69, 9.17) is 10.5 Å². The van der Waals surface area contributed by atoms with E-state index in [1.165, 1.54) is 11.8 Å². The fraction of sp³-hybridized carbons (Fsp3) is 0.464. The van der Waals surface area contributed by atoms with Gasteiger partial charge in [-0.3, -0.25) is 28.8 Å². The number of nitrogens with zero attached hydrogens (tertiary/aromatic N) is 3. The van der Waals surface area contributed by atoms with Gasteiger partial charge in [0.15, 0.2) is 0 Å². The van der Waals surface area contributed by atoms with Crippen LogP contribution in [0.5, 0.6) is 0 Å². The maximum absolute atomic E-state index is 14.5. The maximum Gasteiger partial charge on any atom is 0.407 e. The molecule has 0 spiro atoms. The Bertz CT molecular complexity index is 3460. The molecule has 4 aromatic rings. The predicted molar refractivity (Wildman–Crippen MR) is 351 cm³/mol. The average molecular weight is 1250 g/mol. The minimum atomic E-state index is -1.11. The number of hydrogen-bond donors (Lipinski definition) is 9. The molecule has 9 amide bonds. The minimum absolute atomic E-state index is 0.0929. The molecule has 91 heavy (non-hydrogen) atoms. The van der Waals surface area contributed by atoms with E-state index in [2.05, 4.69) is 49.4 Å². The van der Waals surface area contributed by atoms with Crippen molar-refractivity contribution in [2.75, 3.05) is 26.0 Å². The summed E-state index contributed by atoms with van der Waals surface area (Å²) in [6, 6.07) is 15.0. The third kappa shape index (κ3) is 19.0. The highest BCUT2D eigenvalue weighted by atomic mass is 16.5. The Labute approximate surface area is 534 Å². The molecule has 2 aliphatic rings. The molecule has 3 aromatic carbocycles. The number of ether oxygens (including phenoxy) is 1. The molecule has 2 heterocycles. The first-order valence-electron chi connectivity index (χ1n) is 31.1. The number of carbonyl (C=O) groups excluding carboxylic acids is 8. The minimum Gasteiger partial charge on any atom is -0.478 e. The van der Waals surface area contributed by atoms with Crippen molar-refractivity contribution in [1.29, 1.82) is 0 Å². The lowest BCUT2D eigenvalue weighted by atomic mass is 9.76. The number of allylic oxidation sites excluding steroid dienone is 5. The van der Waals surface area contributed by atoms with Crippen molar-refractivity contribution in [2.24, 2.45) is 30.0 Å². The summed E-state index contributed by atoms with van der Waals surface area (Å²) in [7, 11) is 5.22. The molecule has 1 aromatic heterocycles. The van der Waals surface area contributed by atoms with Gasteiger partial charge in [-0.05, 0) is 115 Å². The number of likely N-dealkylation sites (N-methyl/N-ethyl adjacent to an activating group) is 2. The summed E-state index contributed by atoms with van der Waals surface area (Å²) in [5.74, 6) is -4.24. The largest absolute Gasteiger partial charge is 0.478 e. The molecule has 1 aliphatic heterocycles. The number of nitrogens with one attached hydrogen (secondary N) is 7. The molecule has 10 N–H and O–H groups in total. The third-order valence-corrected chi connectivity index (χ3v) is 16.7. The summed E-state index contributed by atoms with van der Waals surface area (Å²) in [4.78, 5) is 124. The van der Waals surface area contributed by atoms with Crippen LogP contribution in [0.4, 0.5) is 15.3 Å². The second-order valence-corrected chi connectivity index (χ2v) is 25.8. The van der Waals surface area contributed by atoms with Crippen molar-refractivity contribution in [3.63, 3.8) is 0 Å². The van der Waals surface area contributed by atoms with Gasteiger partial charge in [0.05, 0.1) is 18.6 Å². The standard InChI is InChI=1S/C69H93N11O11/c1-41(2)55(35-43(5)65(87)88)79(13)64(86)60(68(6,7)8)77-63(85)59(71-11)69(9,10)51-39-78(12)54-31-26-45(36-50(51)54)37-73-67(90)91-40-44-24-29-49(30-25-44)74-61(83)52(22-18-34-72-66(70)89)75-62(84)58(42(3)4)76-56(81)32-33-57(82)80-38-48-21-15-14-19-46(48)27-28-47-20-16-17-23-53(47)80/h14-16,19-21,24-31,35-36,39,41-42,52,55,58-60,71H,17-18,22-23,32-34,37-38,40H2,1-13H3,(H,73,90)(H,74,83)(H,75,84)(H,76,81)(H,77,85)(H,87,88)(H3,70,72,89)/b28-27-,43-35+/t52-,55+,58-,59?,60+/m0/s1. The number of benzene rings is 3. The van der Waals surface area contributed by atoms with Crippen LogP contribution in [0.1, 0.15) is 136 Å². The molecule has 22 nitrogen and oxygen atoms in total. The van der Waals surface area contributed by atoms with Crippen LogP contribution in [0.3, 0.4) is 0 Å². The predicted octanol–water partition coefficient (Wildman–Crippen LogP) is 7.97. The fourth-order valence-corrected chi connectivity index (χ4v) is 11.5. The van der Waals surface area contributed by atoms with Crippen molar-refractivity contribution < 1.29 is 53.0 Å². The number of fused-ring (bicyclic) bond motifs is 2. The first-order chi connectivity index (χ1) is 42.9. The number of alkyl carbamates (subject to hydrolysis) is 1. The second-order valence-electron chi connectivity index (χ2n) is 25.8. The van der Waals surface area contributed by atoms with E-state index in [9.17, 15) is 48.3 Å². The van der Waals surface area contributed by atoms with E-state index in [0.717, 1.165) is 50.8 Å². The molecule has 0 fully saturated rings. The van der Waals surface area contributed by atoms with Crippen LogP contribution in [0, 0.1) is 17.3 Å². The number of anilines is 1. The monoisotopic (exact) mass is 1250 g/mol. The van der Waals surface area contributed by atoms with E-state index in [0.29, 0.717) is 24.2 Å². The van der Waals surface area contributed by atoms with Gasteiger partial charge in [0.1, 0.15) is 24.7 Å². The summed E-state index contributed by atoms with van der Waals surface area (Å²) < 4.78 is 7.55. The van der Waals surface area contributed by atoms with Gasteiger partial charge in [-0.25, -0.2) is 14.4 Å². The normalized spacial score (nSPS) is 15.4. The van der Waals surface area contributed by atoms with E-state index in [-0.39, 0.29) is 68.7 Å². The van der Waals surface area contributed by atoms with E-state index >= 15 is 0 Å². The Kier molecular flexibility index (Phi) is 24.7. The zero-order chi connectivity index (χ0) is 67.1. The highest BCUT2D eigenvalue weighted by Crippen LogP contribution is 2.36. The maximum atomic E-state index is 14.5. The first-order valence-corrected chi connectivity index (χ1v) is 31.1. The zero-order valence-electron chi connectivity index (χ0n) is 54.9. The van der Waals surface area contributed by atoms with Crippen molar-refractivity contribution in [2.45, 2.75) is 163 Å². The number of carbonyl (C=O) groups is 9. The van der Waals surface area contributed by atoms with Crippen molar-refractivity contribution in [1.82, 2.24) is 46.3 Å². The number of aryl methyl sites for hydroxylation is 1. The lowest BCUT2D eigenvalue weighted by molar-refractivity contribution is -0.141. The van der Waals surface area contributed by atoms with Crippen LogP contribution >= 0.6 is 0 Å². The highest BCUT2D eigenvalue weighted by molar-refractivity contribution is 5.99. The number of carboxylic acid groups (broad SMARTS) is 1. The second kappa shape index (κ2) is 31.6. The van der Waals surface area contributed by atoms with Gasteiger partial charge in [0.2, 0.25) is 35.4 Å². The Morgan fingerprint density at radius 3 is 2.14 bits per heavy atom. The van der Waals surface area contributed by atoms with Crippen LogP contribution in [0.25, 0.3) is 17.0 Å². The third-order valence-electron chi connectivity index (χ3n) is 16.7. The lowest BCUT2D eigenvalue weighted by Crippen LogP contribution is -2.61. The molecule has 0 radical (unpaired) electrons. The Morgan fingerprint density at radius 2 is 1.49 bits per heavy atom. The number of hydrogen-bond acceptors (Lipinski definition) is 11. The van der Waals surface area contributed by atoms with Gasteiger partial charge in [0.25, 0.3) is 0 Å². The molecule has 1 aliphatic carbocycles. The van der Waals surface area contributed by atoms with Gasteiger partial charge in [-0.2, -0.15) is 0 Å². The Balaban J connectivity index is 1.04. The molecule has 22 heteroatoms. The van der Waals surface area contributed by atoms with Gasteiger partial charge >= 0.3 is 18.1 Å². The van der Waals surface area contributed by atoms with Gasteiger partial charge in [-0.1, -0.05) is 135 Å². The SMILES string of the molecule is CNC(C(=O)N[C@H](C(=O)N(C)[C@H](/C=C(\C)C(=O)O)C(C)C)C(C)(C)C)C(C)(C)c1cn(C)c2ccc(CNC(=O)OCc3ccc(NC(=O)[C@H](CCCNC(N)=O)NC(=O)[C@@H](NC(=O)CCC(=O)N4Cc5ccccc5/C=C\C5=C4CCC=C5)C(C)C)cc3)cc12. The number of aliphatic carboxylic acids is 1. The number of carboxylic acids is 1. The molecule has 5 atom stereocenters. The van der Waals surface area contributed by atoms with Gasteiger partial charge in [-0.15, -0.1) is 0 Å². The number of rotatable bonds is 27. The van der Waals surface area contributed by atoms with Gasteiger partial charge < -0.3 is 67.2 Å². The van der Waals surface area contributed by atoms with Crippen LogP contribution < -0.4 is 43.0 Å². The lowest BCUT2D eigenvalue weighted by Gasteiger charge is -2.39. The van der Waals surface area contributed by atoms with Gasteiger partial charge in [0, 0.05) is 79.5 Å². The molecule has 0 saturated heterocycles. The van der Waals surface area contributed by atoms with Crippen LogP contribution in [0.15, 0.2) is 114 Å². The highest BCUT2D eigenvalue weighted by Gasteiger charge is 2.43. The van der Waals surface area contributed by atoms with Crippen molar-refractivity contribution in [3.05, 3.63) is 142 Å². The topological polar surface area (TPSA) is 305 Å². The van der Waals surface area contributed by atoms with Crippen molar-refractivity contribution in [3.8, 4) is 0 Å². The summed E-state index contributed by atoms with van der Waals surface area (Å²) in [6.45, 7) is 18.8. The number of primary amides is 1. The summed E-state index contributed by atoms with van der Waals surface area (Å²) in [5.41, 5.74) is 11.1. The summed E-state index contributed by atoms with van der Waals surface area (Å²) in [6.07, 6.45) is 12.6. The van der Waals surface area contributed by atoms with Crippen LogP contribution in [0.2, 0.25) is 0 Å². The number of aromatic nitrogens is 1. The average Bonchev–Trinajstić information content (AvgIpc) is 1.66. The molecule has 490 valence electrons. The van der Waals surface area contributed by atoms with Crippen molar-refractivity contribution >= 4 is 76.2 Å². The number of amides is 9. The molecule has 1 unspecified atom stereocenters. The molecular formula is C69H93N11O11. The smallest absolute Gasteiger partial charge is 0.407 e. The number of urea groups is 1. The fourth-order valence-electron chi connectivity index (χ4n) is 11.5. The quantitative estimate of drug-likeness (QED) is 0.0203. The van der Waals surface area contributed by atoms with Crippen LogP contribution in [-0.4, -0.2) is 124 Å². The summed E-state index contributed by atoms with van der Waals surface area (Å²) in [5, 5.41) is 30.4. The molecular weight excluding hydrogens is 1160 g/mol. The summed E-state index contributed by atoms with van der Waals surface area (Å²) >= 11 is 0.